The molecule has 1 aliphatic heterocycles. The van der Waals surface area contributed by atoms with Gasteiger partial charge in [-0.15, -0.1) is 11.3 Å². The molecular formula is C19H21N5S. The number of nitrogens with one attached hydrogen (secondary N) is 2. The Hall–Kier alpha value is -2.31. The standard InChI is InChI=1S/C19H21N5S/c1-2-4-14(5-3-1)18-23-16-7-10-20-9-6-15(16)19(24-18)22-11-8-17-21-12-13-25-17/h1-5,12-13,20H,6-11H2,(H,22,23,24). The monoisotopic (exact) mass is 351 g/mol. The predicted octanol–water partition coefficient (Wildman–Crippen LogP) is 2.94. The number of anilines is 1. The zero-order chi connectivity index (χ0) is 16.9. The van der Waals surface area contributed by atoms with Crippen LogP contribution in [0.25, 0.3) is 11.4 Å². The SMILES string of the molecule is c1ccc(-c2nc3c(c(NCCc4nccs4)n2)CCNCC3)cc1. The first-order chi connectivity index (χ1) is 12.4. The third kappa shape index (κ3) is 3.86. The van der Waals surface area contributed by atoms with Crippen LogP contribution in [0.3, 0.4) is 0 Å². The molecule has 25 heavy (non-hydrogen) atoms. The zero-order valence-corrected chi connectivity index (χ0v) is 14.9. The molecule has 0 fully saturated rings. The summed E-state index contributed by atoms with van der Waals surface area (Å²) in [5.41, 5.74) is 3.48. The lowest BCUT2D eigenvalue weighted by Crippen LogP contribution is -2.16. The maximum atomic E-state index is 4.86. The molecule has 2 N–H and O–H groups in total. The zero-order valence-electron chi connectivity index (χ0n) is 14.0. The molecule has 3 aromatic rings. The van der Waals surface area contributed by atoms with Crippen molar-refractivity contribution in [2.75, 3.05) is 25.0 Å². The fourth-order valence-electron chi connectivity index (χ4n) is 3.07. The van der Waals surface area contributed by atoms with E-state index >= 15 is 0 Å². The second-order valence-electron chi connectivity index (χ2n) is 6.04. The molecule has 4 rings (SSSR count). The average Bonchev–Trinajstić information content (AvgIpc) is 3.05. The first-order valence-corrected chi connectivity index (χ1v) is 9.56. The van der Waals surface area contributed by atoms with E-state index in [4.69, 9.17) is 9.97 Å². The molecule has 1 aromatic carbocycles. The summed E-state index contributed by atoms with van der Waals surface area (Å²) in [5, 5.41) is 10.2. The highest BCUT2D eigenvalue weighted by molar-refractivity contribution is 7.09. The predicted molar refractivity (Wildman–Crippen MR) is 102 cm³/mol. The molecular weight excluding hydrogens is 330 g/mol. The molecule has 0 atom stereocenters. The Kier molecular flexibility index (Phi) is 4.99. The Morgan fingerprint density at radius 2 is 1.96 bits per heavy atom. The minimum absolute atomic E-state index is 0.804. The highest BCUT2D eigenvalue weighted by atomic mass is 32.1. The van der Waals surface area contributed by atoms with Crippen LogP contribution in [-0.2, 0) is 19.3 Å². The van der Waals surface area contributed by atoms with Gasteiger partial charge >= 0.3 is 0 Å². The van der Waals surface area contributed by atoms with Crippen LogP contribution >= 0.6 is 11.3 Å². The van der Waals surface area contributed by atoms with Crippen molar-refractivity contribution in [1.29, 1.82) is 0 Å². The topological polar surface area (TPSA) is 62.7 Å². The lowest BCUT2D eigenvalue weighted by Gasteiger charge is -2.14. The number of benzene rings is 1. The van der Waals surface area contributed by atoms with Crippen molar-refractivity contribution in [1.82, 2.24) is 20.3 Å². The van der Waals surface area contributed by atoms with Gasteiger partial charge in [0, 0.05) is 48.6 Å². The molecule has 2 aromatic heterocycles. The van der Waals surface area contributed by atoms with Crippen LogP contribution in [0.4, 0.5) is 5.82 Å². The van der Waals surface area contributed by atoms with Gasteiger partial charge in [0.15, 0.2) is 5.82 Å². The fourth-order valence-corrected chi connectivity index (χ4v) is 3.69. The number of rotatable bonds is 5. The molecule has 6 heteroatoms. The van der Waals surface area contributed by atoms with E-state index in [1.807, 2.05) is 29.8 Å². The summed E-state index contributed by atoms with van der Waals surface area (Å²) in [4.78, 5) is 14.1. The third-order valence-corrected chi connectivity index (χ3v) is 5.17. The Labute approximate surface area is 151 Å². The Balaban J connectivity index is 1.63. The first-order valence-electron chi connectivity index (χ1n) is 8.68. The van der Waals surface area contributed by atoms with E-state index in [1.165, 1.54) is 5.56 Å². The molecule has 128 valence electrons. The van der Waals surface area contributed by atoms with Crippen LogP contribution in [0.15, 0.2) is 41.9 Å². The van der Waals surface area contributed by atoms with Crippen LogP contribution in [0.5, 0.6) is 0 Å². The summed E-state index contributed by atoms with van der Waals surface area (Å²) in [6.07, 6.45) is 4.67. The van der Waals surface area contributed by atoms with Crippen molar-refractivity contribution in [3.63, 3.8) is 0 Å². The maximum Gasteiger partial charge on any atom is 0.161 e. The van der Waals surface area contributed by atoms with Gasteiger partial charge in [-0.3, -0.25) is 0 Å². The van der Waals surface area contributed by atoms with E-state index in [1.54, 1.807) is 11.3 Å². The van der Waals surface area contributed by atoms with Gasteiger partial charge in [-0.1, -0.05) is 30.3 Å². The lowest BCUT2D eigenvalue weighted by atomic mass is 10.1. The fraction of sp³-hybridized carbons (Fsp3) is 0.316. The summed E-state index contributed by atoms with van der Waals surface area (Å²) >= 11 is 1.70. The molecule has 1 aliphatic rings. The van der Waals surface area contributed by atoms with Crippen LogP contribution in [0.1, 0.15) is 16.3 Å². The van der Waals surface area contributed by atoms with E-state index < -0.39 is 0 Å². The van der Waals surface area contributed by atoms with Crippen LogP contribution < -0.4 is 10.6 Å². The summed E-state index contributed by atoms with van der Waals surface area (Å²) in [6, 6.07) is 10.2. The second-order valence-corrected chi connectivity index (χ2v) is 7.02. The van der Waals surface area contributed by atoms with Gasteiger partial charge in [0.2, 0.25) is 0 Å². The van der Waals surface area contributed by atoms with Crippen LogP contribution in [0.2, 0.25) is 0 Å². The van der Waals surface area contributed by atoms with Gasteiger partial charge < -0.3 is 10.6 Å². The molecule has 0 radical (unpaired) electrons. The van der Waals surface area contributed by atoms with Crippen molar-refractivity contribution < 1.29 is 0 Å². The smallest absolute Gasteiger partial charge is 0.161 e. The molecule has 0 bridgehead atoms. The van der Waals surface area contributed by atoms with Gasteiger partial charge in [-0.25, -0.2) is 15.0 Å². The number of fused-ring (bicyclic) bond motifs is 1. The third-order valence-electron chi connectivity index (χ3n) is 4.33. The number of hydrogen-bond acceptors (Lipinski definition) is 6. The summed E-state index contributed by atoms with van der Waals surface area (Å²) in [5.74, 6) is 1.78. The number of thiazole rings is 1. The number of aromatic nitrogens is 3. The Morgan fingerprint density at radius 3 is 2.80 bits per heavy atom. The van der Waals surface area contributed by atoms with E-state index in [0.717, 1.165) is 66.8 Å². The minimum Gasteiger partial charge on any atom is -0.369 e. The van der Waals surface area contributed by atoms with Crippen molar-refractivity contribution in [3.8, 4) is 11.4 Å². The second kappa shape index (κ2) is 7.72. The van der Waals surface area contributed by atoms with Crippen LogP contribution in [0, 0.1) is 0 Å². The van der Waals surface area contributed by atoms with Crippen molar-refractivity contribution >= 4 is 17.2 Å². The molecule has 0 spiro atoms. The normalized spacial score (nSPS) is 13.9. The minimum atomic E-state index is 0.804. The Bertz CT molecular complexity index is 817. The molecule has 0 saturated carbocycles. The maximum absolute atomic E-state index is 4.86. The average molecular weight is 351 g/mol. The summed E-state index contributed by atoms with van der Waals surface area (Å²) < 4.78 is 0. The van der Waals surface area contributed by atoms with Crippen LogP contribution in [-0.4, -0.2) is 34.6 Å². The van der Waals surface area contributed by atoms with Crippen molar-refractivity contribution in [2.45, 2.75) is 19.3 Å². The summed E-state index contributed by atoms with van der Waals surface area (Å²) in [6.45, 7) is 2.78. The molecule has 3 heterocycles. The largest absolute Gasteiger partial charge is 0.369 e. The van der Waals surface area contributed by atoms with E-state index in [9.17, 15) is 0 Å². The lowest BCUT2D eigenvalue weighted by molar-refractivity contribution is 0.708. The highest BCUT2D eigenvalue weighted by Crippen LogP contribution is 2.24. The first kappa shape index (κ1) is 16.2. The number of hydrogen-bond donors (Lipinski definition) is 2. The van der Waals surface area contributed by atoms with E-state index in [0.29, 0.717) is 0 Å². The van der Waals surface area contributed by atoms with E-state index in [2.05, 4.69) is 27.8 Å². The quantitative estimate of drug-likeness (QED) is 0.740. The number of nitrogens with zero attached hydrogens (tertiary/aromatic N) is 3. The molecule has 0 aliphatic carbocycles. The molecule has 5 nitrogen and oxygen atoms in total. The van der Waals surface area contributed by atoms with E-state index in [-0.39, 0.29) is 0 Å². The molecule has 0 amide bonds. The Morgan fingerprint density at radius 1 is 1.08 bits per heavy atom. The van der Waals surface area contributed by atoms with Gasteiger partial charge in [-0.2, -0.15) is 0 Å². The van der Waals surface area contributed by atoms with Gasteiger partial charge in [0.25, 0.3) is 0 Å². The summed E-state index contributed by atoms with van der Waals surface area (Å²) in [7, 11) is 0. The molecule has 0 saturated heterocycles. The highest BCUT2D eigenvalue weighted by Gasteiger charge is 2.17. The van der Waals surface area contributed by atoms with Crippen molar-refractivity contribution in [2.24, 2.45) is 0 Å². The molecule has 0 unspecified atom stereocenters. The van der Waals surface area contributed by atoms with Gasteiger partial charge in [-0.05, 0) is 13.0 Å². The van der Waals surface area contributed by atoms with Gasteiger partial charge in [0.1, 0.15) is 5.82 Å². The van der Waals surface area contributed by atoms with Crippen molar-refractivity contribution in [3.05, 3.63) is 58.2 Å². The van der Waals surface area contributed by atoms with Gasteiger partial charge in [0.05, 0.1) is 10.7 Å².